The summed E-state index contributed by atoms with van der Waals surface area (Å²) in [7, 11) is 0. The molecule has 30 heavy (non-hydrogen) atoms. The van der Waals surface area contributed by atoms with Crippen LogP contribution >= 0.6 is 0 Å². The molecule has 1 aliphatic carbocycles. The molecule has 1 saturated heterocycles. The lowest BCUT2D eigenvalue weighted by molar-refractivity contribution is -0.122. The fourth-order valence-electron chi connectivity index (χ4n) is 4.78. The topological polar surface area (TPSA) is 80.5 Å². The van der Waals surface area contributed by atoms with Crippen molar-refractivity contribution in [1.29, 1.82) is 0 Å². The Bertz CT molecular complexity index is 1290. The van der Waals surface area contributed by atoms with Gasteiger partial charge in [-0.1, -0.05) is 25.0 Å². The van der Waals surface area contributed by atoms with Crippen molar-refractivity contribution >= 4 is 34.1 Å². The van der Waals surface area contributed by atoms with Crippen LogP contribution in [0, 0.1) is 11.8 Å². The van der Waals surface area contributed by atoms with Gasteiger partial charge in [-0.15, -0.1) is 5.10 Å². The zero-order valence-electron chi connectivity index (χ0n) is 16.2. The lowest BCUT2D eigenvalue weighted by atomic mass is 9.81. The van der Waals surface area contributed by atoms with E-state index in [-0.39, 0.29) is 23.7 Å². The standard InChI is InChI=1S/C23H19N5O2/c29-22-16-5-1-2-6-17(16)23(30)28(22)15-11-9-14(10-12-15)20-25-21-18-7-3-4-8-19(18)24-13-27(21)26-20/h3-4,7-13,16-17H,1-2,5-6H2. The van der Waals surface area contributed by atoms with Gasteiger partial charge in [0.05, 0.1) is 23.0 Å². The van der Waals surface area contributed by atoms with Crippen LogP contribution in [0.4, 0.5) is 5.69 Å². The van der Waals surface area contributed by atoms with Crippen molar-refractivity contribution in [1.82, 2.24) is 19.6 Å². The van der Waals surface area contributed by atoms with Gasteiger partial charge in [0.25, 0.3) is 0 Å². The Hall–Kier alpha value is -3.61. The molecular formula is C23H19N5O2. The molecule has 0 radical (unpaired) electrons. The van der Waals surface area contributed by atoms with Crippen LogP contribution in [0.25, 0.3) is 27.9 Å². The van der Waals surface area contributed by atoms with Crippen LogP contribution in [0.5, 0.6) is 0 Å². The average Bonchev–Trinajstić information content (AvgIpc) is 3.34. The van der Waals surface area contributed by atoms with Gasteiger partial charge in [0.2, 0.25) is 11.8 Å². The summed E-state index contributed by atoms with van der Waals surface area (Å²) in [5, 5.41) is 5.48. The van der Waals surface area contributed by atoms with E-state index in [4.69, 9.17) is 4.98 Å². The fourth-order valence-corrected chi connectivity index (χ4v) is 4.78. The van der Waals surface area contributed by atoms with Gasteiger partial charge in [-0.05, 0) is 49.2 Å². The van der Waals surface area contributed by atoms with Crippen LogP contribution in [-0.4, -0.2) is 31.4 Å². The Labute approximate surface area is 172 Å². The van der Waals surface area contributed by atoms with Crippen LogP contribution in [0.3, 0.4) is 0 Å². The SMILES string of the molecule is O=C1C2CCCCC2C(=O)N1c1ccc(-c2nc3c4ccccc4ncn3n2)cc1. The zero-order valence-corrected chi connectivity index (χ0v) is 16.2. The number of para-hydroxylation sites is 1. The van der Waals surface area contributed by atoms with Gasteiger partial charge in [0.1, 0.15) is 6.33 Å². The van der Waals surface area contributed by atoms with Gasteiger partial charge in [0, 0.05) is 10.9 Å². The van der Waals surface area contributed by atoms with E-state index in [2.05, 4.69) is 10.1 Å². The maximum absolute atomic E-state index is 12.8. The minimum atomic E-state index is -0.146. The number of fused-ring (bicyclic) bond motifs is 4. The quantitative estimate of drug-likeness (QED) is 0.483. The minimum Gasteiger partial charge on any atom is -0.274 e. The van der Waals surface area contributed by atoms with E-state index in [0.29, 0.717) is 11.5 Å². The highest BCUT2D eigenvalue weighted by molar-refractivity contribution is 6.22. The molecule has 7 nitrogen and oxygen atoms in total. The first-order valence-electron chi connectivity index (χ1n) is 10.3. The summed E-state index contributed by atoms with van der Waals surface area (Å²) >= 11 is 0. The monoisotopic (exact) mass is 397 g/mol. The number of rotatable bonds is 2. The van der Waals surface area contributed by atoms with Crippen molar-refractivity contribution < 1.29 is 9.59 Å². The van der Waals surface area contributed by atoms with Crippen LogP contribution in [0.1, 0.15) is 25.7 Å². The molecule has 2 aromatic heterocycles. The van der Waals surface area contributed by atoms with E-state index in [1.54, 1.807) is 10.8 Å². The number of anilines is 1. The highest BCUT2D eigenvalue weighted by atomic mass is 16.2. The van der Waals surface area contributed by atoms with Crippen molar-refractivity contribution in [3.63, 3.8) is 0 Å². The summed E-state index contributed by atoms with van der Waals surface area (Å²) in [6.45, 7) is 0. The van der Waals surface area contributed by atoms with Crippen LogP contribution < -0.4 is 4.90 Å². The lowest BCUT2D eigenvalue weighted by Crippen LogP contribution is -2.30. The molecule has 0 N–H and O–H groups in total. The second-order valence-electron chi connectivity index (χ2n) is 8.02. The van der Waals surface area contributed by atoms with Gasteiger partial charge >= 0.3 is 0 Å². The molecule has 2 aliphatic rings. The number of aromatic nitrogens is 4. The number of nitrogens with zero attached hydrogens (tertiary/aromatic N) is 5. The van der Waals surface area contributed by atoms with Crippen LogP contribution in [-0.2, 0) is 9.59 Å². The van der Waals surface area contributed by atoms with Gasteiger partial charge < -0.3 is 0 Å². The molecule has 1 aliphatic heterocycles. The van der Waals surface area contributed by atoms with E-state index in [1.165, 1.54) is 4.90 Å². The summed E-state index contributed by atoms with van der Waals surface area (Å²) < 4.78 is 1.67. The third-order valence-corrected chi connectivity index (χ3v) is 6.31. The number of carbonyl (C=O) groups is 2. The van der Waals surface area contributed by atoms with E-state index >= 15 is 0 Å². The van der Waals surface area contributed by atoms with Crippen molar-refractivity contribution in [2.45, 2.75) is 25.7 Å². The molecule has 2 unspecified atom stereocenters. The highest BCUT2D eigenvalue weighted by Crippen LogP contribution is 2.40. The van der Waals surface area contributed by atoms with Gasteiger partial charge in [-0.25, -0.2) is 14.5 Å². The first-order chi connectivity index (χ1) is 14.7. The summed E-state index contributed by atoms with van der Waals surface area (Å²) in [5.41, 5.74) is 3.06. The van der Waals surface area contributed by atoms with Gasteiger partial charge in [-0.2, -0.15) is 0 Å². The number of hydrogen-bond acceptors (Lipinski definition) is 5. The number of amides is 2. The molecule has 2 aromatic carbocycles. The van der Waals surface area contributed by atoms with Crippen molar-refractivity contribution in [2.75, 3.05) is 4.90 Å². The molecule has 3 heterocycles. The van der Waals surface area contributed by atoms with E-state index in [9.17, 15) is 9.59 Å². The predicted octanol–water partition coefficient (Wildman–Crippen LogP) is 3.62. The van der Waals surface area contributed by atoms with Crippen LogP contribution in [0.2, 0.25) is 0 Å². The summed E-state index contributed by atoms with van der Waals surface area (Å²) in [6, 6.07) is 15.2. The Balaban J connectivity index is 1.35. The van der Waals surface area contributed by atoms with Gasteiger partial charge in [0.15, 0.2) is 11.5 Å². The number of benzene rings is 2. The van der Waals surface area contributed by atoms with Crippen molar-refractivity contribution in [3.8, 4) is 11.4 Å². The Morgan fingerprint density at radius 2 is 1.57 bits per heavy atom. The lowest BCUT2D eigenvalue weighted by Gasteiger charge is -2.19. The number of imide groups is 1. The Kier molecular flexibility index (Phi) is 3.71. The number of hydrogen-bond donors (Lipinski definition) is 0. The highest BCUT2D eigenvalue weighted by Gasteiger charge is 2.48. The average molecular weight is 397 g/mol. The second kappa shape index (κ2) is 6.45. The van der Waals surface area contributed by atoms with Crippen molar-refractivity contribution in [2.24, 2.45) is 11.8 Å². The first kappa shape index (κ1) is 17.3. The molecule has 2 atom stereocenters. The largest absolute Gasteiger partial charge is 0.274 e. The van der Waals surface area contributed by atoms with Gasteiger partial charge in [-0.3, -0.25) is 14.5 Å². The molecule has 4 aromatic rings. The predicted molar refractivity (Wildman–Crippen MR) is 112 cm³/mol. The summed E-state index contributed by atoms with van der Waals surface area (Å²) in [4.78, 5) is 36.1. The van der Waals surface area contributed by atoms with Crippen molar-refractivity contribution in [3.05, 3.63) is 54.9 Å². The molecule has 1 saturated carbocycles. The Morgan fingerprint density at radius 1 is 0.867 bits per heavy atom. The number of carbonyl (C=O) groups excluding carboxylic acids is 2. The first-order valence-corrected chi connectivity index (χ1v) is 10.3. The molecule has 2 fully saturated rings. The smallest absolute Gasteiger partial charge is 0.237 e. The third-order valence-electron chi connectivity index (χ3n) is 6.31. The summed E-state index contributed by atoms with van der Waals surface area (Å²) in [6.07, 6.45) is 5.34. The zero-order chi connectivity index (χ0) is 20.2. The molecule has 7 heteroatoms. The Morgan fingerprint density at radius 3 is 2.30 bits per heavy atom. The normalized spacial score (nSPS) is 21.5. The maximum atomic E-state index is 12.8. The fraction of sp³-hybridized carbons (Fsp3) is 0.261. The summed E-state index contributed by atoms with van der Waals surface area (Å²) in [5.74, 6) is 0.174. The second-order valence-corrected chi connectivity index (χ2v) is 8.02. The molecule has 2 amide bonds. The molecular weight excluding hydrogens is 378 g/mol. The minimum absolute atomic E-state index is 0.0548. The third kappa shape index (κ3) is 2.48. The molecule has 0 bridgehead atoms. The van der Waals surface area contributed by atoms with E-state index in [1.807, 2.05) is 48.5 Å². The molecule has 0 spiro atoms. The van der Waals surface area contributed by atoms with E-state index in [0.717, 1.165) is 47.8 Å². The van der Waals surface area contributed by atoms with E-state index < -0.39 is 0 Å². The van der Waals surface area contributed by atoms with Crippen LogP contribution in [0.15, 0.2) is 54.9 Å². The molecule has 6 rings (SSSR count). The maximum Gasteiger partial charge on any atom is 0.237 e. The molecule has 148 valence electrons.